The number of methoxy groups -OCH3 is 1. The van der Waals surface area contributed by atoms with Crippen molar-refractivity contribution in [1.29, 1.82) is 0 Å². The summed E-state index contributed by atoms with van der Waals surface area (Å²) in [7, 11) is 1.49. The smallest absolute Gasteiger partial charge is 0.418 e. The Balaban J connectivity index is 1.76. The van der Waals surface area contributed by atoms with Gasteiger partial charge in [0.1, 0.15) is 11.7 Å². The van der Waals surface area contributed by atoms with Crippen molar-refractivity contribution in [3.8, 4) is 5.75 Å². The highest BCUT2D eigenvalue weighted by Gasteiger charge is 2.51. The van der Waals surface area contributed by atoms with Crippen molar-refractivity contribution >= 4 is 34.7 Å². The van der Waals surface area contributed by atoms with Gasteiger partial charge in [-0.25, -0.2) is 0 Å². The number of alkyl halides is 3. The third kappa shape index (κ3) is 4.92. The first kappa shape index (κ1) is 27.6. The molecule has 0 radical (unpaired) electrons. The molecule has 2 aliphatic rings. The minimum Gasteiger partial charge on any atom is -0.497 e. The van der Waals surface area contributed by atoms with Crippen LogP contribution in [-0.4, -0.2) is 31.4 Å². The zero-order valence-corrected chi connectivity index (χ0v) is 22.6. The minimum atomic E-state index is -4.74. The van der Waals surface area contributed by atoms with E-state index in [4.69, 9.17) is 9.47 Å². The normalized spacial score (nSPS) is 21.3. The Morgan fingerprint density at radius 2 is 1.82 bits per heavy atom. The van der Waals surface area contributed by atoms with Crippen LogP contribution in [-0.2, 0) is 25.3 Å². The van der Waals surface area contributed by atoms with Crippen molar-refractivity contribution in [2.24, 2.45) is 5.92 Å². The number of hydrogen-bond donors (Lipinski definition) is 0. The van der Waals surface area contributed by atoms with Crippen LogP contribution >= 0.6 is 11.3 Å². The van der Waals surface area contributed by atoms with E-state index < -0.39 is 47.2 Å². The Kier molecular flexibility index (Phi) is 7.55. The number of allylic oxidation sites excluding steroid dienone is 2. The van der Waals surface area contributed by atoms with E-state index in [-0.39, 0.29) is 36.4 Å². The van der Waals surface area contributed by atoms with Gasteiger partial charge < -0.3 is 9.47 Å². The van der Waals surface area contributed by atoms with Crippen LogP contribution in [0.2, 0.25) is 0 Å². The second-order valence-electron chi connectivity index (χ2n) is 9.56. The monoisotopic (exact) mass is 569 g/mol. The van der Waals surface area contributed by atoms with E-state index in [2.05, 4.69) is 0 Å². The highest BCUT2D eigenvalue weighted by Crippen LogP contribution is 2.51. The van der Waals surface area contributed by atoms with Crippen LogP contribution < -0.4 is 9.64 Å². The van der Waals surface area contributed by atoms with Gasteiger partial charge in [0, 0.05) is 34.4 Å². The predicted octanol–water partition coefficient (Wildman–Crippen LogP) is 6.49. The maximum absolute atomic E-state index is 14.3. The maximum atomic E-state index is 14.3. The topological polar surface area (TPSA) is 72.9 Å². The average Bonchev–Trinajstić information content (AvgIpc) is 3.47. The van der Waals surface area contributed by atoms with Crippen molar-refractivity contribution in [3.05, 3.63) is 93.3 Å². The molecule has 0 unspecified atom stereocenters. The lowest BCUT2D eigenvalue weighted by atomic mass is 9.69. The number of thiophene rings is 1. The summed E-state index contributed by atoms with van der Waals surface area (Å²) in [6.45, 7) is 1.71. The molecule has 40 heavy (non-hydrogen) atoms. The Morgan fingerprint density at radius 1 is 1.05 bits per heavy atom. The molecular weight excluding hydrogens is 543 g/mol. The highest BCUT2D eigenvalue weighted by atomic mass is 32.1. The molecule has 1 amide bonds. The summed E-state index contributed by atoms with van der Waals surface area (Å²) in [5, 5.41) is 1.80. The van der Waals surface area contributed by atoms with Crippen LogP contribution in [0.4, 0.5) is 18.9 Å². The van der Waals surface area contributed by atoms with E-state index >= 15 is 0 Å². The summed E-state index contributed by atoms with van der Waals surface area (Å²) in [6.07, 6.45) is -4.99. The van der Waals surface area contributed by atoms with E-state index in [1.54, 1.807) is 48.7 Å². The number of para-hydroxylation sites is 1. The maximum Gasteiger partial charge on any atom is 0.418 e. The largest absolute Gasteiger partial charge is 0.497 e. The standard InChI is InChI=1S/C30H26F3NO5S/c1-3-39-29(37)27-20(24-12-7-13-40-24)15-23-26(28(27)36)19(17-8-6-9-18(14-17)38-2)16-25(35)34(23)22-11-5-4-10-21(22)30(31,32)33/h4-14,19-20,27H,3,15-16H2,1-2H3/t19-,20+,27+/m1/s1. The third-order valence-electron chi connectivity index (χ3n) is 7.32. The van der Waals surface area contributed by atoms with Gasteiger partial charge in [0.15, 0.2) is 5.78 Å². The van der Waals surface area contributed by atoms with E-state index in [9.17, 15) is 27.6 Å². The lowest BCUT2D eigenvalue weighted by Gasteiger charge is -2.42. The van der Waals surface area contributed by atoms with Crippen molar-refractivity contribution in [2.45, 2.75) is 37.8 Å². The first-order chi connectivity index (χ1) is 19.2. The summed E-state index contributed by atoms with van der Waals surface area (Å²) in [5.74, 6) is -4.00. The molecule has 2 heterocycles. The molecule has 0 fully saturated rings. The van der Waals surface area contributed by atoms with E-state index in [1.807, 2.05) is 0 Å². The number of rotatable bonds is 6. The van der Waals surface area contributed by atoms with Gasteiger partial charge in [-0.3, -0.25) is 19.3 Å². The lowest BCUT2D eigenvalue weighted by molar-refractivity contribution is -0.152. The summed E-state index contributed by atoms with van der Waals surface area (Å²) in [5.41, 5.74) is -0.415. The number of carbonyl (C=O) groups excluding carboxylic acids is 3. The van der Waals surface area contributed by atoms with Gasteiger partial charge in [-0.1, -0.05) is 30.3 Å². The molecule has 10 heteroatoms. The molecular formula is C30H26F3NO5S. The fourth-order valence-electron chi connectivity index (χ4n) is 5.63. The van der Waals surface area contributed by atoms with Gasteiger partial charge in [0.05, 0.1) is 25.0 Å². The van der Waals surface area contributed by atoms with Crippen molar-refractivity contribution in [3.63, 3.8) is 0 Å². The molecule has 0 N–H and O–H groups in total. The van der Waals surface area contributed by atoms with Crippen LogP contribution in [0.3, 0.4) is 0 Å². The molecule has 0 spiro atoms. The fraction of sp³-hybridized carbons (Fsp3) is 0.300. The van der Waals surface area contributed by atoms with Gasteiger partial charge in [0.25, 0.3) is 0 Å². The summed E-state index contributed by atoms with van der Waals surface area (Å²) in [6, 6.07) is 15.3. The minimum absolute atomic E-state index is 0.00344. The second-order valence-corrected chi connectivity index (χ2v) is 10.5. The van der Waals surface area contributed by atoms with Crippen molar-refractivity contribution < 1.29 is 37.0 Å². The summed E-state index contributed by atoms with van der Waals surface area (Å²) in [4.78, 5) is 43.1. The SMILES string of the molecule is CCOC(=O)[C@@H]1C(=O)C2=C(C[C@H]1c1cccs1)N(c1ccccc1C(F)(F)F)C(=O)C[C@@H]2c1cccc(OC)c1. The summed E-state index contributed by atoms with van der Waals surface area (Å²) < 4.78 is 53.0. The van der Waals surface area contributed by atoms with E-state index in [0.717, 1.165) is 11.0 Å². The molecule has 5 rings (SSSR count). The van der Waals surface area contributed by atoms with Gasteiger partial charge in [-0.2, -0.15) is 13.2 Å². The number of esters is 1. The molecule has 6 nitrogen and oxygen atoms in total. The van der Waals surface area contributed by atoms with E-state index in [0.29, 0.717) is 16.2 Å². The van der Waals surface area contributed by atoms with Crippen molar-refractivity contribution in [1.82, 2.24) is 0 Å². The molecule has 1 aromatic heterocycles. The highest BCUT2D eigenvalue weighted by molar-refractivity contribution is 7.10. The molecule has 3 atom stereocenters. The fourth-order valence-corrected chi connectivity index (χ4v) is 6.50. The number of carbonyl (C=O) groups is 3. The summed E-state index contributed by atoms with van der Waals surface area (Å²) >= 11 is 1.33. The molecule has 1 aliphatic carbocycles. The van der Waals surface area contributed by atoms with Crippen LogP contribution in [0.5, 0.6) is 5.75 Å². The lowest BCUT2D eigenvalue weighted by Crippen LogP contribution is -2.47. The molecule has 208 valence electrons. The van der Waals surface area contributed by atoms with Gasteiger partial charge in [0.2, 0.25) is 5.91 Å². The zero-order chi connectivity index (χ0) is 28.6. The quantitative estimate of drug-likeness (QED) is 0.251. The Bertz CT molecular complexity index is 1480. The number of amides is 1. The van der Waals surface area contributed by atoms with Crippen LogP contribution in [0.15, 0.2) is 77.3 Å². The molecule has 0 bridgehead atoms. The van der Waals surface area contributed by atoms with Crippen LogP contribution in [0.1, 0.15) is 47.6 Å². The zero-order valence-electron chi connectivity index (χ0n) is 21.7. The number of Topliss-reactive ketones (excluding diaryl/α,β-unsaturated/α-hetero) is 1. The predicted molar refractivity (Wildman–Crippen MR) is 143 cm³/mol. The molecule has 0 saturated heterocycles. The first-order valence-corrected chi connectivity index (χ1v) is 13.6. The Morgan fingerprint density at radius 3 is 2.50 bits per heavy atom. The average molecular weight is 570 g/mol. The van der Waals surface area contributed by atoms with Crippen LogP contribution in [0.25, 0.3) is 0 Å². The number of ether oxygens (including phenoxy) is 2. The second kappa shape index (κ2) is 10.9. The van der Waals surface area contributed by atoms with Crippen molar-refractivity contribution in [2.75, 3.05) is 18.6 Å². The number of hydrogen-bond acceptors (Lipinski definition) is 6. The number of benzene rings is 2. The van der Waals surface area contributed by atoms with E-state index in [1.165, 1.54) is 36.6 Å². The van der Waals surface area contributed by atoms with Gasteiger partial charge in [-0.05, 0) is 54.6 Å². The Labute approximate surface area is 233 Å². The molecule has 1 aliphatic heterocycles. The Hall–Kier alpha value is -3.92. The number of ketones is 1. The van der Waals surface area contributed by atoms with Gasteiger partial charge in [-0.15, -0.1) is 11.3 Å². The first-order valence-electron chi connectivity index (χ1n) is 12.8. The number of anilines is 1. The third-order valence-corrected chi connectivity index (χ3v) is 8.32. The molecule has 2 aromatic carbocycles. The van der Waals surface area contributed by atoms with Gasteiger partial charge >= 0.3 is 12.1 Å². The number of halogens is 3. The molecule has 3 aromatic rings. The molecule has 0 saturated carbocycles. The van der Waals surface area contributed by atoms with Crippen LogP contribution in [0, 0.1) is 5.92 Å². The number of nitrogens with zero attached hydrogens (tertiary/aromatic N) is 1.